The Morgan fingerprint density at radius 3 is 2.32 bits per heavy atom. The van der Waals surface area contributed by atoms with E-state index >= 15 is 0 Å². The average molecular weight is 556 g/mol. The highest BCUT2D eigenvalue weighted by molar-refractivity contribution is 7.92. The number of ether oxygens (including phenoxy) is 3. The highest BCUT2D eigenvalue weighted by Crippen LogP contribution is 2.41. The van der Waals surface area contributed by atoms with Crippen LogP contribution in [0.3, 0.4) is 0 Å². The number of aromatic nitrogens is 2. The molecular formula is C27H29N3O6S2. The standard InChI is InChI=1S/C27H29N3O6S2/c1-27(2,3)19-9-11-20(12-10-19)38(32,33)30-25-23(36-22-8-6-5-7-21(22)34-4)26(35-15-14-31)29-24(28-25)18-13-16-37-17-18/h5-13,16-17,31H,14-15H2,1-4H3,(H,28,29,30). The van der Waals surface area contributed by atoms with Gasteiger partial charge in [0.25, 0.3) is 15.9 Å². The first-order chi connectivity index (χ1) is 18.1. The summed E-state index contributed by atoms with van der Waals surface area (Å²) in [6.45, 7) is 5.78. The number of hydrogen-bond donors (Lipinski definition) is 2. The minimum absolute atomic E-state index is 0.0399. The number of benzene rings is 2. The van der Waals surface area contributed by atoms with Crippen LogP contribution < -0.4 is 18.9 Å². The lowest BCUT2D eigenvalue weighted by Gasteiger charge is -2.20. The number of aliphatic hydroxyl groups is 1. The summed E-state index contributed by atoms with van der Waals surface area (Å²) in [7, 11) is -2.59. The van der Waals surface area contributed by atoms with Gasteiger partial charge in [-0.05, 0) is 46.7 Å². The van der Waals surface area contributed by atoms with Crippen molar-refractivity contribution in [3.8, 4) is 34.5 Å². The van der Waals surface area contributed by atoms with Crippen LogP contribution in [0.2, 0.25) is 0 Å². The quantitative estimate of drug-likeness (QED) is 0.264. The molecular weight excluding hydrogens is 526 g/mol. The van der Waals surface area contributed by atoms with Crippen LogP contribution in [0.25, 0.3) is 11.4 Å². The summed E-state index contributed by atoms with van der Waals surface area (Å²) in [6.07, 6.45) is 0. The van der Waals surface area contributed by atoms with Gasteiger partial charge in [0.1, 0.15) is 6.61 Å². The lowest BCUT2D eigenvalue weighted by Crippen LogP contribution is -2.17. The SMILES string of the molecule is COc1ccccc1Oc1c(NS(=O)(=O)c2ccc(C(C)(C)C)cc2)nc(-c2ccsc2)nc1OCCO. The normalized spacial score (nSPS) is 11.7. The van der Waals surface area contributed by atoms with Crippen LogP contribution in [0.1, 0.15) is 26.3 Å². The molecule has 0 radical (unpaired) electrons. The maximum Gasteiger partial charge on any atom is 0.263 e. The van der Waals surface area contributed by atoms with Crippen LogP contribution in [0.4, 0.5) is 5.82 Å². The van der Waals surface area contributed by atoms with Gasteiger partial charge < -0.3 is 19.3 Å². The number of methoxy groups -OCH3 is 1. The molecule has 0 amide bonds. The van der Waals surface area contributed by atoms with Crippen molar-refractivity contribution >= 4 is 27.2 Å². The van der Waals surface area contributed by atoms with Gasteiger partial charge in [-0.25, -0.2) is 13.4 Å². The van der Waals surface area contributed by atoms with Gasteiger partial charge in [0.2, 0.25) is 5.75 Å². The molecule has 0 saturated carbocycles. The molecule has 4 aromatic rings. The van der Waals surface area contributed by atoms with E-state index in [1.807, 2.05) is 10.8 Å². The van der Waals surface area contributed by atoms with E-state index < -0.39 is 10.0 Å². The van der Waals surface area contributed by atoms with Gasteiger partial charge in [0.05, 0.1) is 18.6 Å². The zero-order valence-corrected chi connectivity index (χ0v) is 23.1. The number of nitrogens with zero attached hydrogens (tertiary/aromatic N) is 2. The Balaban J connectivity index is 1.83. The second-order valence-corrected chi connectivity index (χ2v) is 11.7. The van der Waals surface area contributed by atoms with E-state index in [0.717, 1.165) is 5.56 Å². The third-order valence-corrected chi connectivity index (χ3v) is 7.52. The Bertz CT molecular complexity index is 1480. The van der Waals surface area contributed by atoms with Crippen LogP contribution in [0, 0.1) is 0 Å². The second-order valence-electron chi connectivity index (χ2n) is 9.25. The van der Waals surface area contributed by atoms with Gasteiger partial charge in [0.15, 0.2) is 23.1 Å². The summed E-state index contributed by atoms with van der Waals surface area (Å²) < 4.78 is 46.7. The van der Waals surface area contributed by atoms with Crippen molar-refractivity contribution < 1.29 is 27.7 Å². The van der Waals surface area contributed by atoms with Crippen LogP contribution in [0.15, 0.2) is 70.3 Å². The van der Waals surface area contributed by atoms with Crippen molar-refractivity contribution in [3.05, 3.63) is 70.9 Å². The first-order valence-electron chi connectivity index (χ1n) is 11.7. The van der Waals surface area contributed by atoms with Crippen molar-refractivity contribution in [2.45, 2.75) is 31.1 Å². The van der Waals surface area contributed by atoms with Gasteiger partial charge in [-0.2, -0.15) is 16.3 Å². The van der Waals surface area contributed by atoms with Gasteiger partial charge in [-0.15, -0.1) is 0 Å². The van der Waals surface area contributed by atoms with Gasteiger partial charge in [-0.3, -0.25) is 4.72 Å². The fraction of sp³-hybridized carbons (Fsp3) is 0.259. The molecule has 11 heteroatoms. The van der Waals surface area contributed by atoms with Gasteiger partial charge in [-0.1, -0.05) is 45.0 Å². The Kier molecular flexibility index (Phi) is 8.20. The van der Waals surface area contributed by atoms with Crippen molar-refractivity contribution in [3.63, 3.8) is 0 Å². The van der Waals surface area contributed by atoms with Crippen molar-refractivity contribution in [2.75, 3.05) is 25.0 Å². The number of aliphatic hydroxyl groups excluding tert-OH is 1. The molecule has 200 valence electrons. The summed E-state index contributed by atoms with van der Waals surface area (Å²) in [5.41, 5.74) is 1.53. The molecule has 0 aliphatic rings. The average Bonchev–Trinajstić information content (AvgIpc) is 3.43. The number of rotatable bonds is 10. The number of para-hydroxylation sites is 2. The number of thiophene rings is 1. The molecule has 0 aliphatic heterocycles. The fourth-order valence-corrected chi connectivity index (χ4v) is 5.12. The van der Waals surface area contributed by atoms with E-state index in [1.165, 1.54) is 18.4 Å². The molecule has 0 bridgehead atoms. The summed E-state index contributed by atoms with van der Waals surface area (Å²) in [5, 5.41) is 13.1. The van der Waals surface area contributed by atoms with Gasteiger partial charge >= 0.3 is 0 Å². The summed E-state index contributed by atoms with van der Waals surface area (Å²) in [5.74, 6) is 0.700. The third-order valence-electron chi connectivity index (χ3n) is 5.49. The minimum Gasteiger partial charge on any atom is -0.493 e. The summed E-state index contributed by atoms with van der Waals surface area (Å²) >= 11 is 1.44. The molecule has 4 rings (SSSR count). The maximum absolute atomic E-state index is 13.5. The highest BCUT2D eigenvalue weighted by Gasteiger charge is 2.26. The highest BCUT2D eigenvalue weighted by atomic mass is 32.2. The smallest absolute Gasteiger partial charge is 0.263 e. The number of anilines is 1. The summed E-state index contributed by atoms with van der Waals surface area (Å²) in [6, 6.07) is 15.3. The number of sulfonamides is 1. The molecule has 0 saturated heterocycles. The van der Waals surface area contributed by atoms with Crippen LogP contribution in [-0.4, -0.2) is 43.8 Å². The minimum atomic E-state index is -4.08. The molecule has 0 unspecified atom stereocenters. The molecule has 2 aromatic heterocycles. The van der Waals surface area contributed by atoms with Crippen LogP contribution in [-0.2, 0) is 15.4 Å². The molecule has 0 fully saturated rings. The van der Waals surface area contributed by atoms with Crippen LogP contribution in [0.5, 0.6) is 23.1 Å². The number of hydrogen-bond acceptors (Lipinski definition) is 9. The van der Waals surface area contributed by atoms with Crippen molar-refractivity contribution in [1.82, 2.24) is 9.97 Å². The van der Waals surface area contributed by atoms with E-state index in [2.05, 4.69) is 35.5 Å². The molecule has 2 heterocycles. The molecule has 9 nitrogen and oxygen atoms in total. The van der Waals surface area contributed by atoms with Crippen molar-refractivity contribution in [1.29, 1.82) is 0 Å². The Labute approximate surface area is 226 Å². The molecule has 0 atom stereocenters. The zero-order chi connectivity index (χ0) is 27.3. The first-order valence-corrected chi connectivity index (χ1v) is 14.2. The number of nitrogens with one attached hydrogen (secondary N) is 1. The maximum atomic E-state index is 13.5. The first kappa shape index (κ1) is 27.4. The lowest BCUT2D eigenvalue weighted by molar-refractivity contribution is 0.192. The van der Waals surface area contributed by atoms with Gasteiger partial charge in [0, 0.05) is 10.9 Å². The zero-order valence-electron chi connectivity index (χ0n) is 21.5. The molecule has 2 N–H and O–H groups in total. The van der Waals surface area contributed by atoms with Crippen LogP contribution >= 0.6 is 11.3 Å². The predicted octanol–water partition coefficient (Wildman–Crippen LogP) is 5.48. The second kappa shape index (κ2) is 11.4. The Morgan fingerprint density at radius 1 is 1.00 bits per heavy atom. The van der Waals surface area contributed by atoms with E-state index in [4.69, 9.17) is 14.2 Å². The Morgan fingerprint density at radius 2 is 1.71 bits per heavy atom. The molecule has 0 aliphatic carbocycles. The van der Waals surface area contributed by atoms with E-state index in [0.29, 0.717) is 17.1 Å². The topological polar surface area (TPSA) is 120 Å². The monoisotopic (exact) mass is 555 g/mol. The summed E-state index contributed by atoms with van der Waals surface area (Å²) in [4.78, 5) is 9.03. The van der Waals surface area contributed by atoms with E-state index in [1.54, 1.807) is 54.6 Å². The Hall–Kier alpha value is -3.67. The van der Waals surface area contributed by atoms with E-state index in [-0.39, 0.29) is 46.8 Å². The molecule has 2 aromatic carbocycles. The third kappa shape index (κ3) is 6.24. The molecule has 0 spiro atoms. The fourth-order valence-electron chi connectivity index (χ4n) is 3.49. The lowest BCUT2D eigenvalue weighted by atomic mass is 9.87. The van der Waals surface area contributed by atoms with Crippen molar-refractivity contribution in [2.24, 2.45) is 0 Å². The largest absolute Gasteiger partial charge is 0.493 e. The predicted molar refractivity (Wildman–Crippen MR) is 147 cm³/mol. The van der Waals surface area contributed by atoms with E-state index in [9.17, 15) is 13.5 Å². The molecule has 38 heavy (non-hydrogen) atoms.